The number of nitrogens with one attached hydrogen (secondary N) is 1. The summed E-state index contributed by atoms with van der Waals surface area (Å²) >= 11 is 8.72. The third kappa shape index (κ3) is 5.79. The van der Waals surface area contributed by atoms with E-state index in [-0.39, 0.29) is 17.6 Å². The summed E-state index contributed by atoms with van der Waals surface area (Å²) in [7, 11) is 0. The minimum atomic E-state index is -0.364. The minimum Gasteiger partial charge on any atom is -0.462 e. The molecule has 2 heterocycles. The Morgan fingerprint density at radius 3 is 2.76 bits per heavy atom. The monoisotopic (exact) mass is 515 g/mol. The number of anilines is 1. The van der Waals surface area contributed by atoms with Crippen LogP contribution >= 0.6 is 34.7 Å². The van der Waals surface area contributed by atoms with Gasteiger partial charge in [0.05, 0.1) is 23.6 Å². The van der Waals surface area contributed by atoms with E-state index in [1.165, 1.54) is 28.0 Å². The Balaban J connectivity index is 1.46. The Morgan fingerprint density at radius 1 is 1.24 bits per heavy atom. The molecule has 1 aliphatic carbocycles. The summed E-state index contributed by atoms with van der Waals surface area (Å²) < 4.78 is 5.30. The van der Waals surface area contributed by atoms with Crippen LogP contribution in [0.1, 0.15) is 47.5 Å². The number of halogens is 1. The number of aromatic nitrogens is 2. The highest BCUT2D eigenvalue weighted by atomic mass is 35.5. The summed E-state index contributed by atoms with van der Waals surface area (Å²) in [5.74, 6) is 0.177. The van der Waals surface area contributed by atoms with Gasteiger partial charge in [0, 0.05) is 21.7 Å². The molecule has 0 aliphatic heterocycles. The van der Waals surface area contributed by atoms with E-state index in [4.69, 9.17) is 16.3 Å². The van der Waals surface area contributed by atoms with Crippen molar-refractivity contribution in [2.45, 2.75) is 44.7 Å². The summed E-state index contributed by atoms with van der Waals surface area (Å²) in [5, 5.41) is 4.70. The van der Waals surface area contributed by atoms with Crippen LogP contribution in [-0.2, 0) is 22.4 Å². The molecule has 1 unspecified atom stereocenters. The molecule has 9 heteroatoms. The Kier molecular flexibility index (Phi) is 8.24. The number of thioether (sulfide) groups is 1. The summed E-state index contributed by atoms with van der Waals surface area (Å²) in [6, 6.07) is 9.22. The van der Waals surface area contributed by atoms with Gasteiger partial charge in [-0.25, -0.2) is 14.8 Å². The molecule has 1 amide bonds. The van der Waals surface area contributed by atoms with E-state index in [2.05, 4.69) is 22.2 Å². The Morgan fingerprint density at radius 2 is 2.03 bits per heavy atom. The fraction of sp³-hybridized carbons (Fsp3) is 0.360. The number of benzene rings is 1. The lowest BCUT2D eigenvalue weighted by Crippen LogP contribution is -2.18. The van der Waals surface area contributed by atoms with E-state index in [0.29, 0.717) is 33.3 Å². The van der Waals surface area contributed by atoms with E-state index < -0.39 is 0 Å². The molecule has 0 spiro atoms. The van der Waals surface area contributed by atoms with E-state index in [9.17, 15) is 9.59 Å². The van der Waals surface area contributed by atoms with Crippen molar-refractivity contribution in [3.05, 3.63) is 57.6 Å². The molecule has 0 bridgehead atoms. The second-order valence-electron chi connectivity index (χ2n) is 8.01. The van der Waals surface area contributed by atoms with Crippen LogP contribution in [-0.4, -0.2) is 34.2 Å². The molecule has 2 aromatic heterocycles. The van der Waals surface area contributed by atoms with Gasteiger partial charge < -0.3 is 10.1 Å². The lowest BCUT2D eigenvalue weighted by atomic mass is 9.85. The zero-order valence-electron chi connectivity index (χ0n) is 19.1. The smallest absolute Gasteiger partial charge is 0.341 e. The van der Waals surface area contributed by atoms with Crippen LogP contribution in [0.25, 0.3) is 11.3 Å². The third-order valence-electron chi connectivity index (χ3n) is 5.78. The van der Waals surface area contributed by atoms with Crippen molar-refractivity contribution in [3.63, 3.8) is 0 Å². The highest BCUT2D eigenvalue weighted by Gasteiger charge is 2.29. The molecule has 1 aromatic carbocycles. The number of thiophene rings is 1. The average Bonchev–Trinajstić information content (AvgIpc) is 3.20. The molecular formula is C25H26ClN3O3S2. The number of fused-ring (bicyclic) bond motifs is 1. The van der Waals surface area contributed by atoms with Gasteiger partial charge in [0.1, 0.15) is 5.00 Å². The molecule has 0 fully saturated rings. The zero-order valence-corrected chi connectivity index (χ0v) is 21.5. The number of carbonyl (C=O) groups is 2. The first-order chi connectivity index (χ1) is 16.5. The first-order valence-corrected chi connectivity index (χ1v) is 13.5. The molecule has 3 aromatic rings. The second-order valence-corrected chi connectivity index (χ2v) is 10.5. The van der Waals surface area contributed by atoms with Crippen LogP contribution in [0.5, 0.6) is 0 Å². The van der Waals surface area contributed by atoms with E-state index >= 15 is 0 Å². The maximum atomic E-state index is 12.8. The average molecular weight is 516 g/mol. The highest BCUT2D eigenvalue weighted by Crippen LogP contribution is 2.41. The van der Waals surface area contributed by atoms with Crippen molar-refractivity contribution in [1.29, 1.82) is 0 Å². The SMILES string of the molecule is CCOC(=O)c1c(NC(=O)CSc2nccc(-c3ccc(Cl)cc3)n2)sc2c1CCC(CC)C2. The molecule has 4 rings (SSSR count). The molecule has 6 nitrogen and oxygen atoms in total. The predicted octanol–water partition coefficient (Wildman–Crippen LogP) is 6.28. The largest absolute Gasteiger partial charge is 0.462 e. The van der Waals surface area contributed by atoms with Crippen LogP contribution in [0.4, 0.5) is 5.00 Å². The highest BCUT2D eigenvalue weighted by molar-refractivity contribution is 7.99. The van der Waals surface area contributed by atoms with Gasteiger partial charge in [-0.3, -0.25) is 4.79 Å². The number of rotatable bonds is 8. The zero-order chi connectivity index (χ0) is 24.1. The molecular weight excluding hydrogens is 490 g/mol. The maximum absolute atomic E-state index is 12.8. The van der Waals surface area contributed by atoms with E-state index in [1.807, 2.05) is 30.3 Å². The number of hydrogen-bond acceptors (Lipinski definition) is 7. The Labute approximate surface area is 212 Å². The van der Waals surface area contributed by atoms with E-state index in [0.717, 1.165) is 42.5 Å². The molecule has 0 saturated carbocycles. The van der Waals surface area contributed by atoms with Crippen LogP contribution in [0.15, 0.2) is 41.7 Å². The lowest BCUT2D eigenvalue weighted by Gasteiger charge is -2.20. The third-order valence-corrected chi connectivity index (χ3v) is 8.07. The standard InChI is InChI=1S/C25H26ClN3O3S2/c1-3-15-5-10-18-20(13-15)34-23(22(18)24(31)32-4-2)29-21(30)14-33-25-27-12-11-19(28-25)16-6-8-17(26)9-7-16/h6-9,11-12,15H,3-5,10,13-14H2,1-2H3,(H,29,30). The quantitative estimate of drug-likeness (QED) is 0.216. The van der Waals surface area contributed by atoms with Gasteiger partial charge in [-0.1, -0.05) is 48.8 Å². The van der Waals surface area contributed by atoms with Gasteiger partial charge >= 0.3 is 5.97 Å². The van der Waals surface area contributed by atoms with Gasteiger partial charge in [-0.2, -0.15) is 0 Å². The van der Waals surface area contributed by atoms with Crippen molar-refractivity contribution in [1.82, 2.24) is 9.97 Å². The van der Waals surface area contributed by atoms with Gasteiger partial charge in [0.25, 0.3) is 0 Å². The molecule has 0 saturated heterocycles. The molecule has 1 aliphatic rings. The molecule has 0 radical (unpaired) electrons. The summed E-state index contributed by atoms with van der Waals surface area (Å²) in [6.07, 6.45) is 5.62. The Hall–Kier alpha value is -2.42. The van der Waals surface area contributed by atoms with Gasteiger partial charge in [0.2, 0.25) is 5.91 Å². The summed E-state index contributed by atoms with van der Waals surface area (Å²) in [6.45, 7) is 4.28. The summed E-state index contributed by atoms with van der Waals surface area (Å²) in [4.78, 5) is 35.5. The molecule has 34 heavy (non-hydrogen) atoms. The van der Waals surface area contributed by atoms with Crippen molar-refractivity contribution >= 4 is 51.6 Å². The number of amides is 1. The topological polar surface area (TPSA) is 81.2 Å². The van der Waals surface area contributed by atoms with Crippen molar-refractivity contribution < 1.29 is 14.3 Å². The number of nitrogens with zero attached hydrogens (tertiary/aromatic N) is 2. The number of esters is 1. The van der Waals surface area contributed by atoms with Crippen molar-refractivity contribution in [3.8, 4) is 11.3 Å². The van der Waals surface area contributed by atoms with Crippen molar-refractivity contribution in [2.75, 3.05) is 17.7 Å². The fourth-order valence-corrected chi connectivity index (χ4v) is 6.12. The Bertz CT molecular complexity index is 1180. The van der Waals surface area contributed by atoms with Gasteiger partial charge in [0.15, 0.2) is 5.16 Å². The maximum Gasteiger partial charge on any atom is 0.341 e. The number of hydrogen-bond donors (Lipinski definition) is 1. The van der Waals surface area contributed by atoms with Crippen LogP contribution < -0.4 is 5.32 Å². The minimum absolute atomic E-state index is 0.131. The van der Waals surface area contributed by atoms with Gasteiger partial charge in [-0.05, 0) is 55.9 Å². The molecule has 1 atom stereocenters. The predicted molar refractivity (Wildman–Crippen MR) is 138 cm³/mol. The molecule has 178 valence electrons. The van der Waals surface area contributed by atoms with Crippen molar-refractivity contribution in [2.24, 2.45) is 5.92 Å². The van der Waals surface area contributed by atoms with Crippen LogP contribution in [0.2, 0.25) is 5.02 Å². The molecule has 1 N–H and O–H groups in total. The number of ether oxygens (including phenoxy) is 1. The lowest BCUT2D eigenvalue weighted by molar-refractivity contribution is -0.113. The normalized spacial score (nSPS) is 15.0. The van der Waals surface area contributed by atoms with Gasteiger partial charge in [-0.15, -0.1) is 11.3 Å². The van der Waals surface area contributed by atoms with Crippen LogP contribution in [0.3, 0.4) is 0 Å². The fourth-order valence-electron chi connectivity index (χ4n) is 3.99. The number of carbonyl (C=O) groups excluding carboxylic acids is 2. The van der Waals surface area contributed by atoms with E-state index in [1.54, 1.807) is 13.1 Å². The first-order valence-electron chi connectivity index (χ1n) is 11.3. The first kappa shape index (κ1) is 24.7. The summed E-state index contributed by atoms with van der Waals surface area (Å²) in [5.41, 5.74) is 3.24. The van der Waals surface area contributed by atoms with Crippen LogP contribution in [0, 0.1) is 5.92 Å². The second kappa shape index (κ2) is 11.3.